The standard InChI is InChI=1S/C19H17FN4O/c1-12-7-8-13(2)17(9-12)23-18(25)14-10-21-19(22-11-14)24-16-6-4-3-5-15(16)20/h3-11H,1-2H3,(H,23,25)(H,21,22,24). The molecular weight excluding hydrogens is 319 g/mol. The van der Waals surface area contributed by atoms with Crippen molar-refractivity contribution in [3.05, 3.63) is 77.4 Å². The van der Waals surface area contributed by atoms with Gasteiger partial charge in [-0.05, 0) is 43.2 Å². The molecule has 0 unspecified atom stereocenters. The Morgan fingerprint density at radius 1 is 1.00 bits per heavy atom. The molecule has 0 radical (unpaired) electrons. The lowest BCUT2D eigenvalue weighted by Crippen LogP contribution is -2.14. The van der Waals surface area contributed by atoms with E-state index < -0.39 is 5.82 Å². The molecule has 3 aromatic rings. The Morgan fingerprint density at radius 2 is 1.72 bits per heavy atom. The fraction of sp³-hybridized carbons (Fsp3) is 0.105. The summed E-state index contributed by atoms with van der Waals surface area (Å²) in [7, 11) is 0. The van der Waals surface area contributed by atoms with Crippen LogP contribution in [0, 0.1) is 19.7 Å². The second kappa shape index (κ2) is 7.09. The first-order chi connectivity index (χ1) is 12.0. The van der Waals surface area contributed by atoms with E-state index in [0.717, 1.165) is 16.8 Å². The Morgan fingerprint density at radius 3 is 2.44 bits per heavy atom. The van der Waals surface area contributed by atoms with Gasteiger partial charge in [-0.3, -0.25) is 4.79 Å². The van der Waals surface area contributed by atoms with Gasteiger partial charge >= 0.3 is 0 Å². The summed E-state index contributed by atoms with van der Waals surface area (Å²) >= 11 is 0. The molecule has 2 N–H and O–H groups in total. The van der Waals surface area contributed by atoms with Crippen molar-refractivity contribution in [1.82, 2.24) is 9.97 Å². The van der Waals surface area contributed by atoms with Gasteiger partial charge in [0.15, 0.2) is 0 Å². The van der Waals surface area contributed by atoms with Crippen molar-refractivity contribution in [2.75, 3.05) is 10.6 Å². The highest BCUT2D eigenvalue weighted by atomic mass is 19.1. The molecule has 0 saturated carbocycles. The summed E-state index contributed by atoms with van der Waals surface area (Å²) in [6.07, 6.45) is 2.80. The van der Waals surface area contributed by atoms with Gasteiger partial charge in [0.25, 0.3) is 5.91 Å². The van der Waals surface area contributed by atoms with Gasteiger partial charge in [-0.2, -0.15) is 0 Å². The Balaban J connectivity index is 1.72. The average molecular weight is 336 g/mol. The Hall–Kier alpha value is -3.28. The summed E-state index contributed by atoms with van der Waals surface area (Å²) in [5.41, 5.74) is 3.37. The first-order valence-corrected chi connectivity index (χ1v) is 7.75. The molecule has 0 aliphatic carbocycles. The molecule has 1 heterocycles. The number of aromatic nitrogens is 2. The van der Waals surface area contributed by atoms with Crippen molar-refractivity contribution in [2.24, 2.45) is 0 Å². The maximum Gasteiger partial charge on any atom is 0.258 e. The maximum atomic E-state index is 13.6. The summed E-state index contributed by atoms with van der Waals surface area (Å²) in [6.45, 7) is 3.88. The van der Waals surface area contributed by atoms with E-state index in [2.05, 4.69) is 20.6 Å². The third kappa shape index (κ3) is 3.98. The molecule has 0 aliphatic rings. The highest BCUT2D eigenvalue weighted by Gasteiger charge is 2.10. The van der Waals surface area contributed by atoms with Crippen molar-refractivity contribution in [3.63, 3.8) is 0 Å². The predicted octanol–water partition coefficient (Wildman–Crippen LogP) is 4.23. The van der Waals surface area contributed by atoms with Gasteiger partial charge in [-0.25, -0.2) is 14.4 Å². The average Bonchev–Trinajstić information content (AvgIpc) is 2.61. The van der Waals surface area contributed by atoms with E-state index >= 15 is 0 Å². The van der Waals surface area contributed by atoms with Crippen LogP contribution in [0.3, 0.4) is 0 Å². The number of carbonyl (C=O) groups excluding carboxylic acids is 1. The molecule has 6 heteroatoms. The third-order valence-corrected chi connectivity index (χ3v) is 3.68. The minimum Gasteiger partial charge on any atom is -0.322 e. The zero-order valence-electron chi connectivity index (χ0n) is 13.9. The minimum atomic E-state index is -0.400. The van der Waals surface area contributed by atoms with Crippen LogP contribution < -0.4 is 10.6 Å². The molecule has 25 heavy (non-hydrogen) atoms. The van der Waals surface area contributed by atoms with Crippen molar-refractivity contribution in [2.45, 2.75) is 13.8 Å². The molecule has 0 aliphatic heterocycles. The molecule has 1 amide bonds. The van der Waals surface area contributed by atoms with Crippen LogP contribution in [-0.2, 0) is 0 Å². The summed E-state index contributed by atoms with van der Waals surface area (Å²) in [4.78, 5) is 20.5. The van der Waals surface area contributed by atoms with E-state index in [9.17, 15) is 9.18 Å². The van der Waals surface area contributed by atoms with Gasteiger partial charge < -0.3 is 10.6 Å². The van der Waals surface area contributed by atoms with E-state index in [-0.39, 0.29) is 17.5 Å². The van der Waals surface area contributed by atoms with Gasteiger partial charge in [0.1, 0.15) is 5.82 Å². The number of nitrogens with one attached hydrogen (secondary N) is 2. The summed E-state index contributed by atoms with van der Waals surface area (Å²) < 4.78 is 13.6. The largest absolute Gasteiger partial charge is 0.322 e. The SMILES string of the molecule is Cc1ccc(C)c(NC(=O)c2cnc(Nc3ccccc3F)nc2)c1. The number of benzene rings is 2. The molecule has 0 fully saturated rings. The second-order valence-electron chi connectivity index (χ2n) is 5.67. The zero-order chi connectivity index (χ0) is 17.8. The fourth-order valence-corrected chi connectivity index (χ4v) is 2.26. The molecule has 1 aromatic heterocycles. The molecule has 0 atom stereocenters. The number of anilines is 3. The molecule has 0 spiro atoms. The van der Waals surface area contributed by atoms with Crippen LogP contribution in [0.5, 0.6) is 0 Å². The van der Waals surface area contributed by atoms with Crippen LogP contribution in [-0.4, -0.2) is 15.9 Å². The lowest BCUT2D eigenvalue weighted by Gasteiger charge is -2.10. The van der Waals surface area contributed by atoms with Crippen LogP contribution >= 0.6 is 0 Å². The number of nitrogens with zero attached hydrogens (tertiary/aromatic N) is 2. The molecule has 0 bridgehead atoms. The third-order valence-electron chi connectivity index (χ3n) is 3.68. The highest BCUT2D eigenvalue weighted by molar-refractivity contribution is 6.04. The minimum absolute atomic E-state index is 0.216. The highest BCUT2D eigenvalue weighted by Crippen LogP contribution is 2.18. The number of rotatable bonds is 4. The number of halogens is 1. The topological polar surface area (TPSA) is 66.9 Å². The van der Waals surface area contributed by atoms with Crippen LogP contribution in [0.25, 0.3) is 0 Å². The van der Waals surface area contributed by atoms with Crippen LogP contribution in [0.4, 0.5) is 21.7 Å². The van der Waals surface area contributed by atoms with Gasteiger partial charge in [-0.15, -0.1) is 0 Å². The summed E-state index contributed by atoms with van der Waals surface area (Å²) in [5, 5.41) is 5.62. The monoisotopic (exact) mass is 336 g/mol. The van der Waals surface area contributed by atoms with E-state index in [1.54, 1.807) is 18.2 Å². The quantitative estimate of drug-likeness (QED) is 0.748. The predicted molar refractivity (Wildman–Crippen MR) is 95.6 cm³/mol. The molecule has 2 aromatic carbocycles. The Kier molecular flexibility index (Phi) is 4.70. The first kappa shape index (κ1) is 16.6. The first-order valence-electron chi connectivity index (χ1n) is 7.75. The fourth-order valence-electron chi connectivity index (χ4n) is 2.26. The van der Waals surface area contributed by atoms with Crippen molar-refractivity contribution in [1.29, 1.82) is 0 Å². The molecular formula is C19H17FN4O. The molecule has 0 saturated heterocycles. The number of aryl methyl sites for hydroxylation is 2. The Labute approximate surface area is 145 Å². The van der Waals surface area contributed by atoms with Gasteiger partial charge in [0.05, 0.1) is 11.3 Å². The number of amides is 1. The Bertz CT molecular complexity index is 910. The van der Waals surface area contributed by atoms with Crippen LogP contribution in [0.15, 0.2) is 54.9 Å². The second-order valence-corrected chi connectivity index (χ2v) is 5.67. The van der Waals surface area contributed by atoms with Crippen LogP contribution in [0.1, 0.15) is 21.5 Å². The van der Waals surface area contributed by atoms with E-state index in [1.165, 1.54) is 18.5 Å². The number of hydrogen-bond donors (Lipinski definition) is 2. The van der Waals surface area contributed by atoms with Crippen LogP contribution in [0.2, 0.25) is 0 Å². The molecule has 3 rings (SSSR count). The van der Waals surface area contributed by atoms with Crippen molar-refractivity contribution in [3.8, 4) is 0 Å². The smallest absolute Gasteiger partial charge is 0.258 e. The van der Waals surface area contributed by atoms with Gasteiger partial charge in [0, 0.05) is 18.1 Å². The van der Waals surface area contributed by atoms with Crippen molar-refractivity contribution < 1.29 is 9.18 Å². The maximum absolute atomic E-state index is 13.6. The van der Waals surface area contributed by atoms with Gasteiger partial charge in [-0.1, -0.05) is 24.3 Å². The van der Waals surface area contributed by atoms with E-state index in [1.807, 2.05) is 32.0 Å². The number of carbonyl (C=O) groups is 1. The van der Waals surface area contributed by atoms with E-state index in [0.29, 0.717) is 5.56 Å². The lowest BCUT2D eigenvalue weighted by molar-refractivity contribution is 0.102. The lowest BCUT2D eigenvalue weighted by atomic mass is 10.1. The normalized spacial score (nSPS) is 10.4. The van der Waals surface area contributed by atoms with Crippen molar-refractivity contribution >= 4 is 23.2 Å². The van der Waals surface area contributed by atoms with Gasteiger partial charge in [0.2, 0.25) is 5.95 Å². The summed E-state index contributed by atoms with van der Waals surface area (Å²) in [6, 6.07) is 12.1. The molecule has 5 nitrogen and oxygen atoms in total. The molecule has 126 valence electrons. The number of hydrogen-bond acceptors (Lipinski definition) is 4. The summed E-state index contributed by atoms with van der Waals surface area (Å²) in [5.74, 6) is -0.484. The van der Waals surface area contributed by atoms with E-state index in [4.69, 9.17) is 0 Å². The number of para-hydroxylation sites is 1. The zero-order valence-corrected chi connectivity index (χ0v) is 13.9.